The minimum Gasteiger partial charge on any atom is -0.368 e. The molecule has 0 aromatic heterocycles. The van der Waals surface area contributed by atoms with Crippen molar-refractivity contribution >= 4 is 27.3 Å². The second-order valence-electron chi connectivity index (χ2n) is 7.86. The average Bonchev–Trinajstić information content (AvgIpc) is 2.71. The fourth-order valence-corrected chi connectivity index (χ4v) is 5.10. The number of piperazine rings is 1. The first-order valence-corrected chi connectivity index (χ1v) is 11.9. The van der Waals surface area contributed by atoms with Crippen molar-refractivity contribution in [2.24, 2.45) is 0 Å². The summed E-state index contributed by atoms with van der Waals surface area (Å²) >= 11 is 0. The highest BCUT2D eigenvalue weighted by atomic mass is 32.2. The summed E-state index contributed by atoms with van der Waals surface area (Å²) in [4.78, 5) is 16.9. The van der Waals surface area contributed by atoms with E-state index in [1.807, 2.05) is 6.07 Å². The van der Waals surface area contributed by atoms with E-state index in [1.165, 1.54) is 18.1 Å². The van der Waals surface area contributed by atoms with Gasteiger partial charge in [0.25, 0.3) is 0 Å². The van der Waals surface area contributed by atoms with E-state index in [2.05, 4.69) is 30.9 Å². The van der Waals surface area contributed by atoms with Gasteiger partial charge in [-0.25, -0.2) is 17.2 Å². The number of rotatable bonds is 5. The third-order valence-corrected chi connectivity index (χ3v) is 6.97. The maximum absolute atomic E-state index is 13.7. The van der Waals surface area contributed by atoms with E-state index >= 15 is 0 Å². The van der Waals surface area contributed by atoms with Crippen LogP contribution in [0, 0.1) is 25.5 Å². The zero-order valence-electron chi connectivity index (χ0n) is 18.1. The molecule has 0 bridgehead atoms. The molecule has 1 fully saturated rings. The van der Waals surface area contributed by atoms with Gasteiger partial charge in [-0.2, -0.15) is 0 Å². The number of amides is 1. The van der Waals surface area contributed by atoms with Gasteiger partial charge in [-0.05, 0) is 50.1 Å². The summed E-state index contributed by atoms with van der Waals surface area (Å²) in [6.07, 6.45) is 0.941. The van der Waals surface area contributed by atoms with Crippen LogP contribution in [0.15, 0.2) is 36.4 Å². The Morgan fingerprint density at radius 2 is 1.68 bits per heavy atom. The Bertz CT molecular complexity index is 1080. The van der Waals surface area contributed by atoms with Crippen molar-refractivity contribution in [1.29, 1.82) is 0 Å². The monoisotopic (exact) mass is 451 g/mol. The highest BCUT2D eigenvalue weighted by molar-refractivity contribution is 7.92. The lowest BCUT2D eigenvalue weighted by atomic mass is 10.1. The van der Waals surface area contributed by atoms with Gasteiger partial charge < -0.3 is 9.80 Å². The molecule has 0 radical (unpaired) electrons. The lowest BCUT2D eigenvalue weighted by molar-refractivity contribution is -0.132. The summed E-state index contributed by atoms with van der Waals surface area (Å²) in [5.41, 5.74) is 3.42. The number of hydrogen-bond donors (Lipinski definition) is 0. The average molecular weight is 452 g/mol. The summed E-state index contributed by atoms with van der Waals surface area (Å²) in [6.45, 7) is 7.69. The largest absolute Gasteiger partial charge is 0.368 e. The molecule has 0 aliphatic carbocycles. The van der Waals surface area contributed by atoms with Crippen LogP contribution in [0.25, 0.3) is 0 Å². The van der Waals surface area contributed by atoms with E-state index in [-0.39, 0.29) is 11.6 Å². The van der Waals surface area contributed by atoms with Crippen molar-refractivity contribution in [2.45, 2.75) is 26.8 Å². The van der Waals surface area contributed by atoms with E-state index in [4.69, 9.17) is 0 Å². The summed E-state index contributed by atoms with van der Waals surface area (Å²) in [6, 6.07) is 7.81. The van der Waals surface area contributed by atoms with Crippen LogP contribution in [-0.4, -0.2) is 57.7 Å². The molecule has 9 heteroatoms. The lowest BCUT2D eigenvalue weighted by Crippen LogP contribution is -2.55. The van der Waals surface area contributed by atoms with Gasteiger partial charge >= 0.3 is 0 Å². The van der Waals surface area contributed by atoms with Gasteiger partial charge in [0.15, 0.2) is 11.6 Å². The maximum atomic E-state index is 13.7. The van der Waals surface area contributed by atoms with Crippen molar-refractivity contribution in [1.82, 2.24) is 4.90 Å². The second kappa shape index (κ2) is 8.82. The van der Waals surface area contributed by atoms with E-state index in [9.17, 15) is 22.0 Å². The molecule has 168 valence electrons. The molecule has 2 aromatic carbocycles. The number of aryl methyl sites for hydroxylation is 1. The Hall–Kier alpha value is -2.68. The van der Waals surface area contributed by atoms with Crippen LogP contribution in [-0.2, 0) is 14.8 Å². The summed E-state index contributed by atoms with van der Waals surface area (Å²) in [5.74, 6) is -2.64. The summed E-state index contributed by atoms with van der Waals surface area (Å²) in [7, 11) is -3.91. The molecule has 1 atom stereocenters. The van der Waals surface area contributed by atoms with E-state index in [1.54, 1.807) is 4.90 Å². The van der Waals surface area contributed by atoms with Crippen LogP contribution in [0.3, 0.4) is 0 Å². The molecule has 1 saturated heterocycles. The number of halogens is 2. The second-order valence-corrected chi connectivity index (χ2v) is 9.72. The Balaban J connectivity index is 1.77. The fourth-order valence-electron chi connectivity index (χ4n) is 3.93. The van der Waals surface area contributed by atoms with Crippen LogP contribution >= 0.6 is 0 Å². The maximum Gasteiger partial charge on any atom is 0.246 e. The lowest BCUT2D eigenvalue weighted by Gasteiger charge is -2.39. The number of benzene rings is 2. The highest BCUT2D eigenvalue weighted by Crippen LogP contribution is 2.26. The molecule has 1 amide bonds. The Labute approximate surface area is 182 Å². The highest BCUT2D eigenvalue weighted by Gasteiger charge is 2.34. The minimum absolute atomic E-state index is 0.0868. The van der Waals surface area contributed by atoms with Gasteiger partial charge in [-0.1, -0.05) is 12.1 Å². The summed E-state index contributed by atoms with van der Waals surface area (Å²) in [5, 5.41) is 0. The number of hydrogen-bond acceptors (Lipinski definition) is 4. The molecular formula is C22H27F2N3O3S. The van der Waals surface area contributed by atoms with Crippen LogP contribution in [0.4, 0.5) is 20.2 Å². The third-order valence-electron chi connectivity index (χ3n) is 5.73. The number of anilines is 2. The number of sulfonamides is 1. The van der Waals surface area contributed by atoms with Crippen LogP contribution in [0.5, 0.6) is 0 Å². The number of carbonyl (C=O) groups excluding carboxylic acids is 1. The Morgan fingerprint density at radius 1 is 1.03 bits per heavy atom. The van der Waals surface area contributed by atoms with Gasteiger partial charge in [0.2, 0.25) is 15.9 Å². The van der Waals surface area contributed by atoms with Crippen molar-refractivity contribution in [3.05, 3.63) is 59.2 Å². The van der Waals surface area contributed by atoms with E-state index in [0.717, 1.165) is 34.4 Å². The van der Waals surface area contributed by atoms with Crippen LogP contribution in [0.1, 0.15) is 18.1 Å². The Morgan fingerprint density at radius 3 is 2.26 bits per heavy atom. The van der Waals surface area contributed by atoms with Crippen LogP contribution in [0.2, 0.25) is 0 Å². The van der Waals surface area contributed by atoms with Gasteiger partial charge in [0.1, 0.15) is 6.04 Å². The van der Waals surface area contributed by atoms with Gasteiger partial charge in [-0.15, -0.1) is 0 Å². The zero-order chi connectivity index (χ0) is 22.9. The van der Waals surface area contributed by atoms with Crippen LogP contribution < -0.4 is 9.21 Å². The number of carbonyl (C=O) groups is 1. The summed E-state index contributed by atoms with van der Waals surface area (Å²) < 4.78 is 52.7. The molecule has 1 unspecified atom stereocenters. The predicted molar refractivity (Wildman–Crippen MR) is 118 cm³/mol. The number of nitrogens with zero attached hydrogens (tertiary/aromatic N) is 3. The standard InChI is InChI=1S/C22H27F2N3O3S/c1-15-6-5-7-21(16(15)2)25-10-12-26(13-11-25)22(28)17(3)27(31(4,29)30)18-8-9-19(23)20(24)14-18/h5-9,14,17H,10-13H2,1-4H3. The van der Waals surface area contributed by atoms with Gasteiger partial charge in [0.05, 0.1) is 11.9 Å². The first-order valence-electron chi connectivity index (χ1n) is 10.0. The van der Waals surface area contributed by atoms with Gasteiger partial charge in [0, 0.05) is 37.9 Å². The fraction of sp³-hybridized carbons (Fsp3) is 0.409. The van der Waals surface area contributed by atoms with Crippen molar-refractivity contribution in [2.75, 3.05) is 41.6 Å². The molecule has 1 heterocycles. The molecule has 0 spiro atoms. The topological polar surface area (TPSA) is 60.9 Å². The van der Waals surface area contributed by atoms with E-state index in [0.29, 0.717) is 26.2 Å². The Kier molecular flexibility index (Phi) is 6.54. The molecule has 0 saturated carbocycles. The third kappa shape index (κ3) is 4.81. The quantitative estimate of drug-likeness (QED) is 0.701. The molecule has 2 aromatic rings. The first kappa shape index (κ1) is 23.0. The predicted octanol–water partition coefficient (Wildman–Crippen LogP) is 3.08. The minimum atomic E-state index is -3.91. The molecule has 1 aliphatic rings. The van der Waals surface area contributed by atoms with Crippen molar-refractivity contribution < 1.29 is 22.0 Å². The smallest absolute Gasteiger partial charge is 0.246 e. The molecule has 3 rings (SSSR count). The molecule has 0 N–H and O–H groups in total. The molecule has 1 aliphatic heterocycles. The molecule has 31 heavy (non-hydrogen) atoms. The van der Waals surface area contributed by atoms with Crippen molar-refractivity contribution in [3.63, 3.8) is 0 Å². The van der Waals surface area contributed by atoms with Gasteiger partial charge in [-0.3, -0.25) is 9.10 Å². The van der Waals surface area contributed by atoms with Crippen molar-refractivity contribution in [3.8, 4) is 0 Å². The first-order chi connectivity index (χ1) is 14.5. The van der Waals surface area contributed by atoms with E-state index < -0.39 is 27.7 Å². The molecule has 6 nitrogen and oxygen atoms in total. The zero-order valence-corrected chi connectivity index (χ0v) is 18.9. The SMILES string of the molecule is Cc1cccc(N2CCN(C(=O)C(C)N(c3ccc(F)c(F)c3)S(C)(=O)=O)CC2)c1C. The molecular weight excluding hydrogens is 424 g/mol. The normalized spacial score (nSPS) is 15.7.